The summed E-state index contributed by atoms with van der Waals surface area (Å²) in [6, 6.07) is 6.46. The van der Waals surface area contributed by atoms with Crippen molar-refractivity contribution in [3.05, 3.63) is 29.3 Å². The molecule has 22 heavy (non-hydrogen) atoms. The van der Waals surface area contributed by atoms with Gasteiger partial charge in [0.2, 0.25) is 5.91 Å². The van der Waals surface area contributed by atoms with Gasteiger partial charge in [0.05, 0.1) is 5.54 Å². The first-order valence-corrected chi connectivity index (χ1v) is 8.18. The van der Waals surface area contributed by atoms with Crippen molar-refractivity contribution in [3.8, 4) is 5.75 Å². The van der Waals surface area contributed by atoms with E-state index < -0.39 is 0 Å². The van der Waals surface area contributed by atoms with Crippen LogP contribution >= 0.6 is 0 Å². The third kappa shape index (κ3) is 3.43. The highest BCUT2D eigenvalue weighted by molar-refractivity contribution is 5.79. The van der Waals surface area contributed by atoms with E-state index in [0.29, 0.717) is 6.42 Å². The molecular formula is C18H26N2O2. The van der Waals surface area contributed by atoms with Crippen LogP contribution in [0.3, 0.4) is 0 Å². The number of carbonyl (C=O) groups is 1. The van der Waals surface area contributed by atoms with Gasteiger partial charge in [-0.15, -0.1) is 0 Å². The van der Waals surface area contributed by atoms with Crippen LogP contribution in [0.25, 0.3) is 0 Å². The van der Waals surface area contributed by atoms with Gasteiger partial charge in [-0.25, -0.2) is 0 Å². The zero-order valence-electron chi connectivity index (χ0n) is 13.8. The average Bonchev–Trinajstić information content (AvgIpc) is 2.78. The summed E-state index contributed by atoms with van der Waals surface area (Å²) in [6.45, 7) is 8.01. The number of aryl methyl sites for hydroxylation is 1. The number of carbonyl (C=O) groups excluding carboxylic acids is 1. The van der Waals surface area contributed by atoms with Crippen molar-refractivity contribution >= 4 is 5.91 Å². The van der Waals surface area contributed by atoms with Crippen molar-refractivity contribution in [3.63, 3.8) is 0 Å². The molecule has 120 valence electrons. The van der Waals surface area contributed by atoms with Crippen LogP contribution in [0.5, 0.6) is 5.75 Å². The number of hydrogen-bond donors (Lipinski definition) is 2. The largest absolute Gasteiger partial charge is 0.488 e. The van der Waals surface area contributed by atoms with Gasteiger partial charge in [0.1, 0.15) is 11.4 Å². The van der Waals surface area contributed by atoms with Crippen LogP contribution in [-0.4, -0.2) is 23.6 Å². The lowest BCUT2D eigenvalue weighted by Gasteiger charge is -2.32. The fourth-order valence-electron chi connectivity index (χ4n) is 3.29. The molecule has 0 aliphatic carbocycles. The summed E-state index contributed by atoms with van der Waals surface area (Å²) in [5.41, 5.74) is 2.43. The van der Waals surface area contributed by atoms with E-state index in [-0.39, 0.29) is 17.0 Å². The molecule has 0 saturated carbocycles. The summed E-state index contributed by atoms with van der Waals surface area (Å²) in [5, 5.41) is 6.53. The molecule has 0 bridgehead atoms. The summed E-state index contributed by atoms with van der Waals surface area (Å²) in [6.07, 6.45) is 3.68. The lowest BCUT2D eigenvalue weighted by Crippen LogP contribution is -2.46. The van der Waals surface area contributed by atoms with Gasteiger partial charge in [0.25, 0.3) is 0 Å². The van der Waals surface area contributed by atoms with Gasteiger partial charge in [0.15, 0.2) is 0 Å². The highest BCUT2D eigenvalue weighted by atomic mass is 16.5. The smallest absolute Gasteiger partial charge is 0.220 e. The van der Waals surface area contributed by atoms with Crippen LogP contribution in [0.15, 0.2) is 18.2 Å². The van der Waals surface area contributed by atoms with Gasteiger partial charge in [-0.1, -0.05) is 12.1 Å². The molecule has 3 rings (SSSR count). The quantitative estimate of drug-likeness (QED) is 0.898. The molecule has 1 saturated heterocycles. The Morgan fingerprint density at radius 1 is 1.23 bits per heavy atom. The molecule has 2 aliphatic rings. The molecule has 0 spiro atoms. The van der Waals surface area contributed by atoms with Crippen molar-refractivity contribution in [2.24, 2.45) is 0 Å². The molecule has 1 unspecified atom stereocenters. The number of amides is 1. The third-order valence-electron chi connectivity index (χ3n) is 4.70. The molecule has 1 fully saturated rings. The number of ether oxygens (including phenoxy) is 1. The predicted octanol–water partition coefficient (Wildman–Crippen LogP) is 2.55. The number of benzene rings is 1. The molecule has 1 atom stereocenters. The number of nitrogens with one attached hydrogen (secondary N) is 2. The van der Waals surface area contributed by atoms with Crippen LogP contribution in [0, 0.1) is 0 Å². The van der Waals surface area contributed by atoms with Crippen molar-refractivity contribution in [1.82, 2.24) is 10.6 Å². The van der Waals surface area contributed by atoms with Crippen molar-refractivity contribution < 1.29 is 9.53 Å². The van der Waals surface area contributed by atoms with Crippen LogP contribution in [-0.2, 0) is 17.8 Å². The minimum atomic E-state index is -0.0988. The minimum absolute atomic E-state index is 0.0535. The van der Waals surface area contributed by atoms with E-state index in [1.807, 2.05) is 0 Å². The Morgan fingerprint density at radius 2 is 2.05 bits per heavy atom. The van der Waals surface area contributed by atoms with E-state index >= 15 is 0 Å². The number of rotatable bonds is 4. The lowest BCUT2D eigenvalue weighted by atomic mass is 9.93. The van der Waals surface area contributed by atoms with Crippen LogP contribution < -0.4 is 15.4 Å². The van der Waals surface area contributed by atoms with E-state index in [9.17, 15) is 4.79 Å². The monoisotopic (exact) mass is 302 g/mol. The Bertz CT molecular complexity index is 582. The van der Waals surface area contributed by atoms with Crippen molar-refractivity contribution in [2.75, 3.05) is 6.54 Å². The van der Waals surface area contributed by atoms with Gasteiger partial charge in [-0.2, -0.15) is 0 Å². The Labute approximate surface area is 132 Å². The lowest BCUT2D eigenvalue weighted by molar-refractivity contribution is -0.119. The van der Waals surface area contributed by atoms with Crippen LogP contribution in [0.1, 0.15) is 51.2 Å². The average molecular weight is 302 g/mol. The second-order valence-corrected chi connectivity index (χ2v) is 7.52. The highest BCUT2D eigenvalue weighted by Gasteiger charge is 2.32. The van der Waals surface area contributed by atoms with Crippen LogP contribution in [0.4, 0.5) is 0 Å². The molecule has 0 radical (unpaired) electrons. The normalized spacial score (nSPS) is 26.2. The zero-order chi connectivity index (χ0) is 15.8. The number of hydrogen-bond acceptors (Lipinski definition) is 3. The molecule has 2 heterocycles. The molecular weight excluding hydrogens is 276 g/mol. The molecule has 1 aromatic rings. The van der Waals surface area contributed by atoms with Gasteiger partial charge in [-0.3, -0.25) is 4.79 Å². The predicted molar refractivity (Wildman–Crippen MR) is 87.0 cm³/mol. The van der Waals surface area contributed by atoms with Gasteiger partial charge < -0.3 is 15.4 Å². The Kier molecular flexibility index (Phi) is 3.89. The van der Waals surface area contributed by atoms with E-state index in [0.717, 1.165) is 38.1 Å². The Morgan fingerprint density at radius 3 is 2.77 bits per heavy atom. The second-order valence-electron chi connectivity index (χ2n) is 7.52. The summed E-state index contributed by atoms with van der Waals surface area (Å²) in [7, 11) is 0. The first-order chi connectivity index (χ1) is 10.4. The second kappa shape index (κ2) is 5.58. The molecule has 2 N–H and O–H groups in total. The minimum Gasteiger partial charge on any atom is -0.488 e. The van der Waals surface area contributed by atoms with Gasteiger partial charge in [-0.05, 0) is 57.2 Å². The summed E-state index contributed by atoms with van der Waals surface area (Å²) in [5.74, 6) is 1.19. The maximum atomic E-state index is 11.4. The van der Waals surface area contributed by atoms with E-state index in [4.69, 9.17) is 4.74 Å². The topological polar surface area (TPSA) is 50.4 Å². The number of fused-ring (bicyclic) bond motifs is 1. The molecule has 1 aromatic carbocycles. The van der Waals surface area contributed by atoms with E-state index in [2.05, 4.69) is 49.6 Å². The molecule has 2 aliphatic heterocycles. The first-order valence-electron chi connectivity index (χ1n) is 8.18. The van der Waals surface area contributed by atoms with Crippen molar-refractivity contribution in [1.29, 1.82) is 0 Å². The maximum Gasteiger partial charge on any atom is 0.220 e. The zero-order valence-corrected chi connectivity index (χ0v) is 13.8. The molecule has 1 amide bonds. The SMILES string of the molecule is CC1(CNCc2ccc3c(c2)CCC(C)(C)O3)CCC(=O)N1. The van der Waals surface area contributed by atoms with E-state index in [1.54, 1.807) is 0 Å². The van der Waals surface area contributed by atoms with Gasteiger partial charge in [0, 0.05) is 19.5 Å². The van der Waals surface area contributed by atoms with Gasteiger partial charge >= 0.3 is 0 Å². The molecule has 4 nitrogen and oxygen atoms in total. The summed E-state index contributed by atoms with van der Waals surface area (Å²) in [4.78, 5) is 11.4. The third-order valence-corrected chi connectivity index (χ3v) is 4.70. The summed E-state index contributed by atoms with van der Waals surface area (Å²) < 4.78 is 6.02. The fraction of sp³-hybridized carbons (Fsp3) is 0.611. The van der Waals surface area contributed by atoms with Crippen LogP contribution in [0.2, 0.25) is 0 Å². The standard InChI is InChI=1S/C18H26N2O2/c1-17(2)8-6-14-10-13(4-5-15(14)22-17)11-19-12-18(3)9-7-16(21)20-18/h4-5,10,19H,6-9,11-12H2,1-3H3,(H,20,21). The Hall–Kier alpha value is -1.55. The fourth-order valence-corrected chi connectivity index (χ4v) is 3.29. The molecule has 0 aromatic heterocycles. The summed E-state index contributed by atoms with van der Waals surface area (Å²) >= 11 is 0. The first kappa shape index (κ1) is 15.3. The van der Waals surface area contributed by atoms with E-state index in [1.165, 1.54) is 11.1 Å². The Balaban J connectivity index is 1.57. The highest BCUT2D eigenvalue weighted by Crippen LogP contribution is 2.33. The molecule has 4 heteroatoms. The van der Waals surface area contributed by atoms with Crippen molar-refractivity contribution in [2.45, 2.75) is 64.1 Å². The maximum absolute atomic E-state index is 11.4.